The highest BCUT2D eigenvalue weighted by Gasteiger charge is 2.79. The molecule has 2 saturated carbocycles. The van der Waals surface area contributed by atoms with Crippen LogP contribution in [-0.2, 0) is 21.4 Å². The molecule has 3 fully saturated rings. The van der Waals surface area contributed by atoms with E-state index in [1.165, 1.54) is 30.5 Å². The molecule has 0 radical (unpaired) electrons. The molecule has 8 rings (SSSR count). The summed E-state index contributed by atoms with van der Waals surface area (Å²) in [5.41, 5.74) is 1.81. The van der Waals surface area contributed by atoms with E-state index < -0.39 is 5.60 Å². The van der Waals surface area contributed by atoms with Crippen LogP contribution in [0.2, 0.25) is 0 Å². The third-order valence-corrected chi connectivity index (χ3v) is 9.80. The number of hydrogen-bond acceptors (Lipinski definition) is 5. The van der Waals surface area contributed by atoms with Gasteiger partial charge in [0.2, 0.25) is 0 Å². The third kappa shape index (κ3) is 1.92. The summed E-state index contributed by atoms with van der Waals surface area (Å²) >= 11 is 0. The van der Waals surface area contributed by atoms with E-state index in [-0.39, 0.29) is 28.6 Å². The van der Waals surface area contributed by atoms with Gasteiger partial charge in [0.15, 0.2) is 11.5 Å². The Balaban J connectivity index is 1.51. The van der Waals surface area contributed by atoms with E-state index in [1.54, 1.807) is 21.1 Å². The lowest BCUT2D eigenvalue weighted by molar-refractivity contribution is -0.214. The van der Waals surface area contributed by atoms with Gasteiger partial charge in [-0.1, -0.05) is 18.2 Å². The average molecular weight is 422 g/mol. The van der Waals surface area contributed by atoms with Crippen molar-refractivity contribution in [3.63, 3.8) is 0 Å². The number of Topliss-reactive ketones (excluding diaryl/α,β-unsaturated/α-hetero) is 1. The van der Waals surface area contributed by atoms with E-state index in [1.807, 2.05) is 0 Å². The smallest absolute Gasteiger partial charge is 0.166 e. The van der Waals surface area contributed by atoms with Gasteiger partial charge in [0, 0.05) is 30.7 Å². The van der Waals surface area contributed by atoms with Crippen molar-refractivity contribution >= 4 is 5.78 Å². The standard InChI is InChI=1S/C26H31NO4/c1-15(28)18-13-24-8-9-26(18,30-3)23-25(24)10-11-27(14-16-4-5-16)20(24)12-17-6-7-19(29-2)22(31-23)21(17)25/h6-9,16,18,20,23H,4-5,10-14H2,1-3H3/t18-,20-,23-,24-,25+,26-/m1/s1. The number of methoxy groups -OCH3 is 2. The number of rotatable bonds is 5. The Morgan fingerprint density at radius 1 is 1.26 bits per heavy atom. The fourth-order valence-electron chi connectivity index (χ4n) is 8.39. The van der Waals surface area contributed by atoms with Crippen LogP contribution in [0.25, 0.3) is 0 Å². The van der Waals surface area contributed by atoms with E-state index in [0.29, 0.717) is 6.04 Å². The minimum absolute atomic E-state index is 0.0912. The van der Waals surface area contributed by atoms with Crippen LogP contribution in [-0.4, -0.2) is 55.7 Å². The molecule has 1 saturated heterocycles. The van der Waals surface area contributed by atoms with Gasteiger partial charge in [0.1, 0.15) is 17.5 Å². The highest BCUT2D eigenvalue weighted by Crippen LogP contribution is 2.74. The molecule has 2 heterocycles. The monoisotopic (exact) mass is 421 g/mol. The number of fused-ring (bicyclic) bond motifs is 1. The van der Waals surface area contributed by atoms with Crippen molar-refractivity contribution in [3.05, 3.63) is 35.4 Å². The summed E-state index contributed by atoms with van der Waals surface area (Å²) in [4.78, 5) is 15.8. The van der Waals surface area contributed by atoms with Gasteiger partial charge < -0.3 is 14.2 Å². The first-order chi connectivity index (χ1) is 15.0. The summed E-state index contributed by atoms with van der Waals surface area (Å²) in [6.45, 7) is 4.02. The van der Waals surface area contributed by atoms with Gasteiger partial charge in [0.25, 0.3) is 0 Å². The topological polar surface area (TPSA) is 48.0 Å². The van der Waals surface area contributed by atoms with Gasteiger partial charge in [-0.2, -0.15) is 0 Å². The summed E-state index contributed by atoms with van der Waals surface area (Å²) in [7, 11) is 3.47. The summed E-state index contributed by atoms with van der Waals surface area (Å²) < 4.78 is 18.9. The molecule has 5 heteroatoms. The van der Waals surface area contributed by atoms with Crippen LogP contribution >= 0.6 is 0 Å². The first-order valence-electron chi connectivity index (χ1n) is 11.9. The molecule has 2 aliphatic heterocycles. The summed E-state index contributed by atoms with van der Waals surface area (Å²) in [5.74, 6) is 2.60. The SMILES string of the molecule is COc1ccc2c3c1O[C@H]1[C@@]4(OC)C=C[C@@]5(C[C@@H]4C(C)=O)[C@@H](C2)N(CC2CC2)CC[C@]315. The zero-order valence-corrected chi connectivity index (χ0v) is 18.6. The Bertz CT molecular complexity index is 1030. The van der Waals surface area contributed by atoms with Gasteiger partial charge >= 0.3 is 0 Å². The molecule has 7 aliphatic rings. The molecule has 0 aromatic heterocycles. The van der Waals surface area contributed by atoms with Crippen LogP contribution in [0, 0.1) is 17.3 Å². The highest BCUT2D eigenvalue weighted by molar-refractivity contribution is 5.82. The zero-order chi connectivity index (χ0) is 21.2. The molecule has 2 spiro atoms. The number of nitrogens with zero attached hydrogens (tertiary/aromatic N) is 1. The molecular formula is C26H31NO4. The lowest BCUT2D eigenvalue weighted by atomic mass is 9.37. The average Bonchev–Trinajstić information content (AvgIpc) is 3.52. The molecule has 5 nitrogen and oxygen atoms in total. The van der Waals surface area contributed by atoms with Gasteiger partial charge in [-0.25, -0.2) is 0 Å². The Labute approximate surface area is 183 Å². The van der Waals surface area contributed by atoms with E-state index in [4.69, 9.17) is 14.2 Å². The van der Waals surface area contributed by atoms with Gasteiger partial charge in [-0.15, -0.1) is 0 Å². The second-order valence-corrected chi connectivity index (χ2v) is 10.8. The van der Waals surface area contributed by atoms with Crippen LogP contribution in [0.15, 0.2) is 24.3 Å². The van der Waals surface area contributed by atoms with Crippen molar-refractivity contribution < 1.29 is 19.0 Å². The molecule has 164 valence electrons. The lowest BCUT2D eigenvalue weighted by Crippen LogP contribution is -2.79. The first-order valence-corrected chi connectivity index (χ1v) is 11.9. The molecular weight excluding hydrogens is 390 g/mol. The fraction of sp³-hybridized carbons (Fsp3) is 0.654. The highest BCUT2D eigenvalue weighted by atomic mass is 16.6. The molecule has 4 bridgehead atoms. The van der Waals surface area contributed by atoms with E-state index in [9.17, 15) is 4.79 Å². The Morgan fingerprint density at radius 2 is 2.10 bits per heavy atom. The van der Waals surface area contributed by atoms with Crippen molar-refractivity contribution in [1.82, 2.24) is 4.90 Å². The third-order valence-electron chi connectivity index (χ3n) is 9.80. The largest absolute Gasteiger partial charge is 0.493 e. The molecule has 0 N–H and O–H groups in total. The van der Waals surface area contributed by atoms with Crippen LogP contribution in [0.5, 0.6) is 11.5 Å². The number of piperidine rings is 1. The normalized spacial score (nSPS) is 43.5. The minimum atomic E-state index is -0.713. The zero-order valence-electron chi connectivity index (χ0n) is 18.6. The molecule has 1 aromatic rings. The van der Waals surface area contributed by atoms with E-state index in [0.717, 1.165) is 43.2 Å². The molecule has 0 amide bonds. The summed E-state index contributed by atoms with van der Waals surface area (Å²) in [6, 6.07) is 4.74. The van der Waals surface area contributed by atoms with Crippen molar-refractivity contribution in [2.45, 2.75) is 62.2 Å². The van der Waals surface area contributed by atoms with Gasteiger partial charge in [-0.3, -0.25) is 9.69 Å². The molecule has 31 heavy (non-hydrogen) atoms. The van der Waals surface area contributed by atoms with Gasteiger partial charge in [-0.05, 0) is 63.1 Å². The Kier molecular flexibility index (Phi) is 3.46. The first kappa shape index (κ1) is 18.7. The Hall–Kier alpha value is -1.85. The summed E-state index contributed by atoms with van der Waals surface area (Å²) in [5, 5.41) is 0. The number of ketones is 1. The maximum absolute atomic E-state index is 13.0. The van der Waals surface area contributed by atoms with Crippen LogP contribution in [0.4, 0.5) is 0 Å². The van der Waals surface area contributed by atoms with E-state index >= 15 is 0 Å². The molecule has 5 aliphatic carbocycles. The number of benzene rings is 1. The number of hydrogen-bond donors (Lipinski definition) is 0. The van der Waals surface area contributed by atoms with Crippen molar-refractivity contribution in [1.29, 1.82) is 0 Å². The minimum Gasteiger partial charge on any atom is -0.493 e. The Morgan fingerprint density at radius 3 is 2.81 bits per heavy atom. The van der Waals surface area contributed by atoms with Crippen molar-refractivity contribution in [2.75, 3.05) is 27.3 Å². The number of likely N-dealkylation sites (tertiary alicyclic amines) is 1. The number of ether oxygens (including phenoxy) is 3. The second-order valence-electron chi connectivity index (χ2n) is 10.8. The second kappa shape index (κ2) is 5.74. The lowest BCUT2D eigenvalue weighted by Gasteiger charge is -2.71. The van der Waals surface area contributed by atoms with E-state index in [2.05, 4.69) is 29.2 Å². The fourth-order valence-corrected chi connectivity index (χ4v) is 8.39. The van der Waals surface area contributed by atoms with Crippen LogP contribution in [0.1, 0.15) is 43.7 Å². The van der Waals surface area contributed by atoms with Crippen molar-refractivity contribution in [3.8, 4) is 11.5 Å². The quantitative estimate of drug-likeness (QED) is 0.683. The molecule has 0 unspecified atom stereocenters. The maximum Gasteiger partial charge on any atom is 0.166 e. The van der Waals surface area contributed by atoms with Crippen molar-refractivity contribution in [2.24, 2.45) is 17.3 Å². The maximum atomic E-state index is 13.0. The predicted molar refractivity (Wildman–Crippen MR) is 116 cm³/mol. The number of carbonyl (C=O) groups is 1. The number of carbonyl (C=O) groups excluding carboxylic acids is 1. The molecule has 6 atom stereocenters. The summed E-state index contributed by atoms with van der Waals surface area (Å²) in [6.07, 6.45) is 10.1. The molecule has 1 aromatic carbocycles. The van der Waals surface area contributed by atoms with Gasteiger partial charge in [0.05, 0.1) is 18.4 Å². The van der Waals surface area contributed by atoms with Crippen LogP contribution in [0.3, 0.4) is 0 Å². The predicted octanol–water partition coefficient (Wildman–Crippen LogP) is 3.28. The van der Waals surface area contributed by atoms with Crippen LogP contribution < -0.4 is 9.47 Å².